The highest BCUT2D eigenvalue weighted by Crippen LogP contribution is 2.16. The number of hydrogen-bond donors (Lipinski definition) is 2. The lowest BCUT2D eigenvalue weighted by atomic mass is 10.00. The first-order valence-electron chi connectivity index (χ1n) is 6.52. The maximum atomic E-state index is 11.4. The molecular formula is C15H19NO3. The molecule has 1 aromatic rings. The fourth-order valence-corrected chi connectivity index (χ4v) is 2.15. The minimum Gasteiger partial charge on any atom is -0.392 e. The van der Waals surface area contributed by atoms with Crippen molar-refractivity contribution in [3.63, 3.8) is 0 Å². The predicted molar refractivity (Wildman–Crippen MR) is 72.4 cm³/mol. The van der Waals surface area contributed by atoms with Crippen LogP contribution in [0.4, 0.5) is 0 Å². The first-order valence-corrected chi connectivity index (χ1v) is 6.52. The van der Waals surface area contributed by atoms with Crippen molar-refractivity contribution >= 4 is 5.91 Å². The van der Waals surface area contributed by atoms with E-state index in [1.807, 2.05) is 30.3 Å². The molecule has 1 amide bonds. The largest absolute Gasteiger partial charge is 0.392 e. The number of aliphatic hydroxyl groups excluding tert-OH is 1. The van der Waals surface area contributed by atoms with Gasteiger partial charge in [-0.15, -0.1) is 0 Å². The van der Waals surface area contributed by atoms with Gasteiger partial charge in [-0.3, -0.25) is 4.79 Å². The first-order chi connectivity index (χ1) is 9.29. The van der Waals surface area contributed by atoms with Crippen LogP contribution in [0.3, 0.4) is 0 Å². The molecule has 0 radical (unpaired) electrons. The molecule has 0 unspecified atom stereocenters. The van der Waals surface area contributed by atoms with Crippen LogP contribution in [0.5, 0.6) is 0 Å². The van der Waals surface area contributed by atoms with Gasteiger partial charge in [-0.05, 0) is 12.0 Å². The fraction of sp³-hybridized carbons (Fsp3) is 0.400. The van der Waals surface area contributed by atoms with Gasteiger partial charge in [0.05, 0.1) is 25.4 Å². The third-order valence-corrected chi connectivity index (χ3v) is 3.14. The first kappa shape index (κ1) is 13.8. The second-order valence-electron chi connectivity index (χ2n) is 4.58. The van der Waals surface area contributed by atoms with E-state index in [1.165, 1.54) is 0 Å². The van der Waals surface area contributed by atoms with Crippen molar-refractivity contribution in [2.24, 2.45) is 0 Å². The summed E-state index contributed by atoms with van der Waals surface area (Å²) in [5, 5.41) is 11.7. The maximum absolute atomic E-state index is 11.4. The fourth-order valence-electron chi connectivity index (χ4n) is 2.15. The van der Waals surface area contributed by atoms with Crippen LogP contribution in [0.1, 0.15) is 18.4 Å². The van der Waals surface area contributed by atoms with Gasteiger partial charge in [-0.25, -0.2) is 0 Å². The third kappa shape index (κ3) is 4.19. The van der Waals surface area contributed by atoms with E-state index in [0.717, 1.165) is 5.56 Å². The van der Waals surface area contributed by atoms with E-state index >= 15 is 0 Å². The number of rotatable bonds is 5. The Balaban J connectivity index is 1.92. The number of hydrogen-bond acceptors (Lipinski definition) is 3. The Morgan fingerprint density at radius 2 is 2.16 bits per heavy atom. The Kier molecular flexibility index (Phi) is 5.12. The lowest BCUT2D eigenvalue weighted by Crippen LogP contribution is -2.47. The summed E-state index contributed by atoms with van der Waals surface area (Å²) >= 11 is 0. The molecule has 1 saturated heterocycles. The molecule has 1 aliphatic rings. The molecule has 2 rings (SSSR count). The topological polar surface area (TPSA) is 58.6 Å². The average Bonchev–Trinajstić information content (AvgIpc) is 2.45. The number of carbonyl (C=O) groups excluding carboxylic acids is 1. The van der Waals surface area contributed by atoms with Crippen molar-refractivity contribution in [1.29, 1.82) is 0 Å². The molecule has 1 aliphatic heterocycles. The molecular weight excluding hydrogens is 242 g/mol. The average molecular weight is 261 g/mol. The quantitative estimate of drug-likeness (QED) is 0.788. The zero-order chi connectivity index (χ0) is 13.5. The Bertz CT molecular complexity index is 430. The van der Waals surface area contributed by atoms with Gasteiger partial charge in [-0.2, -0.15) is 0 Å². The second kappa shape index (κ2) is 7.07. The van der Waals surface area contributed by atoms with E-state index in [4.69, 9.17) is 9.84 Å². The number of nitrogens with one attached hydrogen (secondary N) is 1. The minimum atomic E-state index is -0.155. The van der Waals surface area contributed by atoms with Crippen molar-refractivity contribution in [2.75, 3.05) is 6.61 Å². The number of piperidine rings is 1. The number of benzene rings is 1. The van der Waals surface area contributed by atoms with Gasteiger partial charge in [0.1, 0.15) is 0 Å². The van der Waals surface area contributed by atoms with Gasteiger partial charge in [0.15, 0.2) is 0 Å². The summed E-state index contributed by atoms with van der Waals surface area (Å²) in [6.07, 6.45) is 4.59. The smallest absolute Gasteiger partial charge is 0.220 e. The molecule has 4 heteroatoms. The molecule has 2 N–H and O–H groups in total. The Hall–Kier alpha value is -1.65. The normalized spacial score (nSPS) is 23.5. The summed E-state index contributed by atoms with van der Waals surface area (Å²) in [5.74, 6) is 0.0344. The lowest BCUT2D eigenvalue weighted by Gasteiger charge is -2.30. The molecule has 0 aromatic heterocycles. The summed E-state index contributed by atoms with van der Waals surface area (Å²) in [4.78, 5) is 11.4. The summed E-state index contributed by atoms with van der Waals surface area (Å²) in [6.45, 7) is 0.503. The predicted octanol–water partition coefficient (Wildman–Crippen LogP) is 1.40. The number of ether oxygens (including phenoxy) is 1. The standard InChI is InChI=1S/C15H19NO3/c17-10-4-7-13-14(8-9-15(18)16-13)19-11-12-5-2-1-3-6-12/h1-7,13-14,17H,8-11H2,(H,16,18)/b7-4-/t13-,14+/m0/s1. The molecule has 2 atom stereocenters. The maximum Gasteiger partial charge on any atom is 0.220 e. The number of amides is 1. The number of carbonyl (C=O) groups is 1. The highest BCUT2D eigenvalue weighted by molar-refractivity contribution is 5.77. The van der Waals surface area contributed by atoms with Crippen molar-refractivity contribution < 1.29 is 14.6 Å². The molecule has 0 bridgehead atoms. The Labute approximate surface area is 113 Å². The highest BCUT2D eigenvalue weighted by Gasteiger charge is 2.27. The van der Waals surface area contributed by atoms with Gasteiger partial charge in [0, 0.05) is 6.42 Å². The van der Waals surface area contributed by atoms with Gasteiger partial charge < -0.3 is 15.2 Å². The van der Waals surface area contributed by atoms with Crippen LogP contribution in [0.25, 0.3) is 0 Å². The molecule has 1 fully saturated rings. The van der Waals surface area contributed by atoms with Crippen molar-refractivity contribution in [1.82, 2.24) is 5.32 Å². The van der Waals surface area contributed by atoms with E-state index in [1.54, 1.807) is 12.2 Å². The van der Waals surface area contributed by atoms with E-state index in [2.05, 4.69) is 5.32 Å². The van der Waals surface area contributed by atoms with Gasteiger partial charge >= 0.3 is 0 Å². The van der Waals surface area contributed by atoms with Crippen LogP contribution in [0.2, 0.25) is 0 Å². The summed E-state index contributed by atoms with van der Waals surface area (Å²) in [6, 6.07) is 9.79. The molecule has 0 spiro atoms. The van der Waals surface area contributed by atoms with Gasteiger partial charge in [0.25, 0.3) is 0 Å². The van der Waals surface area contributed by atoms with Crippen LogP contribution in [0, 0.1) is 0 Å². The van der Waals surface area contributed by atoms with Crippen LogP contribution in [-0.2, 0) is 16.1 Å². The summed E-state index contributed by atoms with van der Waals surface area (Å²) in [7, 11) is 0. The number of aliphatic hydroxyl groups is 1. The molecule has 4 nitrogen and oxygen atoms in total. The highest BCUT2D eigenvalue weighted by atomic mass is 16.5. The summed E-state index contributed by atoms with van der Waals surface area (Å²) < 4.78 is 5.88. The van der Waals surface area contributed by atoms with Crippen LogP contribution < -0.4 is 5.32 Å². The molecule has 1 aromatic carbocycles. The summed E-state index contributed by atoms with van der Waals surface area (Å²) in [5.41, 5.74) is 1.12. The molecule has 19 heavy (non-hydrogen) atoms. The molecule has 1 heterocycles. The molecule has 0 saturated carbocycles. The second-order valence-corrected chi connectivity index (χ2v) is 4.58. The monoisotopic (exact) mass is 261 g/mol. The van der Waals surface area contributed by atoms with E-state index in [-0.39, 0.29) is 24.7 Å². The molecule has 0 aliphatic carbocycles. The molecule has 102 valence electrons. The third-order valence-electron chi connectivity index (χ3n) is 3.14. The van der Waals surface area contributed by atoms with Crippen LogP contribution in [0.15, 0.2) is 42.5 Å². The van der Waals surface area contributed by atoms with Crippen LogP contribution in [-0.4, -0.2) is 29.8 Å². The van der Waals surface area contributed by atoms with Gasteiger partial charge in [-0.1, -0.05) is 42.5 Å². The van der Waals surface area contributed by atoms with E-state index in [9.17, 15) is 4.79 Å². The SMILES string of the molecule is O=C1CC[C@@H](OCc2ccccc2)[C@H](/C=C\CO)N1. The zero-order valence-corrected chi connectivity index (χ0v) is 10.8. The van der Waals surface area contributed by atoms with Crippen molar-refractivity contribution in [2.45, 2.75) is 31.6 Å². The zero-order valence-electron chi connectivity index (χ0n) is 10.8. The van der Waals surface area contributed by atoms with E-state index < -0.39 is 0 Å². The lowest BCUT2D eigenvalue weighted by molar-refractivity contribution is -0.126. The Morgan fingerprint density at radius 3 is 2.89 bits per heavy atom. The van der Waals surface area contributed by atoms with Gasteiger partial charge in [0.2, 0.25) is 5.91 Å². The Morgan fingerprint density at radius 1 is 1.37 bits per heavy atom. The van der Waals surface area contributed by atoms with E-state index in [0.29, 0.717) is 19.4 Å². The minimum absolute atomic E-state index is 0.0300. The van der Waals surface area contributed by atoms with Crippen molar-refractivity contribution in [3.8, 4) is 0 Å². The van der Waals surface area contributed by atoms with Crippen molar-refractivity contribution in [3.05, 3.63) is 48.0 Å². The van der Waals surface area contributed by atoms with Crippen LogP contribution >= 0.6 is 0 Å².